The Hall–Kier alpha value is -3.31. The number of benzene rings is 1. The number of carbonyl (C=O) groups excluding carboxylic acids is 2. The van der Waals surface area contributed by atoms with Crippen LogP contribution in [0.5, 0.6) is 0 Å². The molecular weight excluding hydrogens is 703 g/mol. The topological polar surface area (TPSA) is 121 Å². The van der Waals surface area contributed by atoms with E-state index in [1.165, 1.54) is 62.7 Å². The smallest absolute Gasteiger partial charge is 0.262 e. The van der Waals surface area contributed by atoms with Crippen LogP contribution >= 0.6 is 11.3 Å². The van der Waals surface area contributed by atoms with Crippen LogP contribution in [0.3, 0.4) is 0 Å². The highest BCUT2D eigenvalue weighted by Gasteiger charge is 2.31. The van der Waals surface area contributed by atoms with Gasteiger partial charge in [-0.3, -0.25) is 14.3 Å². The number of thiophene rings is 1. The molecule has 288 valence electrons. The second-order valence-corrected chi connectivity index (χ2v) is 19.8. The molecule has 9 nitrogen and oxygen atoms in total. The first-order valence-electron chi connectivity index (χ1n) is 20.0. The molecule has 2 aliphatic carbocycles. The SMILES string of the molecule is CCCC1CCC(C2CCN(c3cnc(-c4ccc(CC(NC(=O)c5ccc(C(C)(C)C)s5)C(=O)NS(=O)(=O)CCC5CCC5)cc4)nc3)CC2)CC1. The van der Waals surface area contributed by atoms with E-state index < -0.39 is 27.9 Å². The van der Waals surface area contributed by atoms with Crippen LogP contribution in [0.1, 0.15) is 125 Å². The summed E-state index contributed by atoms with van der Waals surface area (Å²) in [6, 6.07) is 10.2. The molecule has 1 aliphatic heterocycles. The van der Waals surface area contributed by atoms with E-state index in [1.54, 1.807) is 6.07 Å². The number of carbonyl (C=O) groups is 2. The van der Waals surface area contributed by atoms with Crippen molar-refractivity contribution >= 4 is 38.9 Å². The summed E-state index contributed by atoms with van der Waals surface area (Å²) in [7, 11) is -3.84. The van der Waals surface area contributed by atoms with Crippen LogP contribution in [0.25, 0.3) is 11.4 Å². The fraction of sp³-hybridized carbons (Fsp3) is 0.619. The predicted molar refractivity (Wildman–Crippen MR) is 215 cm³/mol. The molecule has 2 amide bonds. The van der Waals surface area contributed by atoms with Gasteiger partial charge in [-0.05, 0) is 78.9 Å². The molecule has 1 saturated heterocycles. The summed E-state index contributed by atoms with van der Waals surface area (Å²) in [5.74, 6) is 2.47. The van der Waals surface area contributed by atoms with Crippen molar-refractivity contribution in [1.29, 1.82) is 0 Å². The predicted octanol–water partition coefficient (Wildman–Crippen LogP) is 8.30. The fourth-order valence-corrected chi connectivity index (χ4v) is 10.5. The Balaban J connectivity index is 1.07. The van der Waals surface area contributed by atoms with Gasteiger partial charge in [0.1, 0.15) is 6.04 Å². The molecule has 3 aliphatic rings. The van der Waals surface area contributed by atoms with Crippen molar-refractivity contribution in [3.63, 3.8) is 0 Å². The maximum atomic E-state index is 13.5. The lowest BCUT2D eigenvalue weighted by atomic mass is 9.72. The number of nitrogens with one attached hydrogen (secondary N) is 2. The first-order chi connectivity index (χ1) is 25.4. The average molecular weight is 762 g/mol. The molecule has 2 N–H and O–H groups in total. The van der Waals surface area contributed by atoms with Crippen LogP contribution in [0.2, 0.25) is 0 Å². The van der Waals surface area contributed by atoms with Gasteiger partial charge in [-0.15, -0.1) is 11.3 Å². The minimum absolute atomic E-state index is 0.101. The third-order valence-electron chi connectivity index (χ3n) is 11.9. The summed E-state index contributed by atoms with van der Waals surface area (Å²) in [6.45, 7) is 10.6. The minimum atomic E-state index is -3.84. The third kappa shape index (κ3) is 10.7. The Morgan fingerprint density at radius 1 is 0.868 bits per heavy atom. The lowest BCUT2D eigenvalue weighted by Gasteiger charge is -2.39. The van der Waals surface area contributed by atoms with Crippen molar-refractivity contribution in [2.45, 2.75) is 123 Å². The quantitative estimate of drug-likeness (QED) is 0.170. The van der Waals surface area contributed by atoms with Crippen LogP contribution in [0.15, 0.2) is 48.8 Å². The lowest BCUT2D eigenvalue weighted by Crippen LogP contribution is -2.50. The number of anilines is 1. The number of sulfonamides is 1. The van der Waals surface area contributed by atoms with Gasteiger partial charge in [0.25, 0.3) is 11.8 Å². The van der Waals surface area contributed by atoms with Gasteiger partial charge in [-0.1, -0.05) is 96.9 Å². The zero-order valence-electron chi connectivity index (χ0n) is 32.1. The lowest BCUT2D eigenvalue weighted by molar-refractivity contribution is -0.121. The molecule has 1 unspecified atom stereocenters. The largest absolute Gasteiger partial charge is 0.369 e. The van der Waals surface area contributed by atoms with E-state index >= 15 is 0 Å². The number of hydrogen-bond acceptors (Lipinski definition) is 8. The summed E-state index contributed by atoms with van der Waals surface area (Å²) in [6.07, 6.45) is 18.5. The summed E-state index contributed by atoms with van der Waals surface area (Å²) < 4.78 is 28.0. The Kier molecular flexibility index (Phi) is 13.0. The van der Waals surface area contributed by atoms with Crippen molar-refractivity contribution in [2.75, 3.05) is 23.7 Å². The van der Waals surface area contributed by atoms with Crippen LogP contribution in [0, 0.1) is 23.7 Å². The van der Waals surface area contributed by atoms with Crippen molar-refractivity contribution in [3.8, 4) is 11.4 Å². The van der Waals surface area contributed by atoms with E-state index in [-0.39, 0.29) is 17.6 Å². The van der Waals surface area contributed by atoms with Crippen LogP contribution in [0.4, 0.5) is 5.69 Å². The Bertz CT molecular complexity index is 1760. The number of aromatic nitrogens is 2. The van der Waals surface area contributed by atoms with Gasteiger partial charge in [0.15, 0.2) is 5.82 Å². The first-order valence-corrected chi connectivity index (χ1v) is 22.5. The molecule has 3 fully saturated rings. The summed E-state index contributed by atoms with van der Waals surface area (Å²) in [4.78, 5) is 40.2. The minimum Gasteiger partial charge on any atom is -0.369 e. The molecule has 11 heteroatoms. The van der Waals surface area contributed by atoms with Crippen LogP contribution in [-0.2, 0) is 26.7 Å². The number of hydrogen-bond donors (Lipinski definition) is 2. The Labute approximate surface area is 321 Å². The number of rotatable bonds is 14. The maximum Gasteiger partial charge on any atom is 0.262 e. The second kappa shape index (κ2) is 17.4. The molecular formula is C42H59N5O4S2. The molecule has 2 saturated carbocycles. The number of piperidine rings is 1. The van der Waals surface area contributed by atoms with Crippen molar-refractivity contribution < 1.29 is 18.0 Å². The van der Waals surface area contributed by atoms with Crippen LogP contribution in [-0.4, -0.2) is 55.1 Å². The molecule has 0 spiro atoms. The first kappa shape index (κ1) is 39.4. The highest BCUT2D eigenvalue weighted by Crippen LogP contribution is 2.40. The van der Waals surface area contributed by atoms with E-state index in [2.05, 4.69) is 42.6 Å². The monoisotopic (exact) mass is 761 g/mol. The van der Waals surface area contributed by atoms with Gasteiger partial charge in [0.05, 0.1) is 28.7 Å². The normalized spacial score (nSPS) is 20.8. The van der Waals surface area contributed by atoms with Gasteiger partial charge >= 0.3 is 0 Å². The molecule has 3 aromatic rings. The van der Waals surface area contributed by atoms with Gasteiger partial charge in [-0.2, -0.15) is 0 Å². The molecule has 3 heterocycles. The van der Waals surface area contributed by atoms with E-state index in [0.29, 0.717) is 23.0 Å². The molecule has 0 radical (unpaired) electrons. The molecule has 2 aromatic heterocycles. The summed E-state index contributed by atoms with van der Waals surface area (Å²) in [5, 5.41) is 2.83. The van der Waals surface area contributed by atoms with Gasteiger partial charge < -0.3 is 10.2 Å². The summed E-state index contributed by atoms with van der Waals surface area (Å²) >= 11 is 1.38. The van der Waals surface area contributed by atoms with Crippen molar-refractivity contribution in [3.05, 3.63) is 64.1 Å². The molecule has 6 rings (SSSR count). The highest BCUT2D eigenvalue weighted by atomic mass is 32.2. The fourth-order valence-electron chi connectivity index (χ4n) is 8.33. The number of amides is 2. The van der Waals surface area contributed by atoms with Gasteiger partial charge in [0, 0.05) is 30.0 Å². The Morgan fingerprint density at radius 2 is 1.51 bits per heavy atom. The standard InChI is InChI=1S/C42H59N5O4S2/c1-5-7-29-10-14-32(15-11-29)33-20-23-47(24-21-33)35-27-43-39(44-28-35)34-16-12-31(13-17-34)26-36(40(48)46-53(50,51)25-22-30-8-6-9-30)45-41(49)37-18-19-38(52-37)42(2,3)4/h12-13,16-19,27-30,32-33,36H,5-11,14-15,20-26H2,1-4H3,(H,45,49)(H,46,48). The second-order valence-electron chi connectivity index (χ2n) is 16.9. The van der Waals surface area contributed by atoms with Crippen molar-refractivity contribution in [1.82, 2.24) is 20.0 Å². The van der Waals surface area contributed by atoms with Gasteiger partial charge in [0.2, 0.25) is 10.0 Å². The average Bonchev–Trinajstić information content (AvgIpc) is 3.64. The van der Waals surface area contributed by atoms with Crippen LogP contribution < -0.4 is 14.9 Å². The van der Waals surface area contributed by atoms with E-state index in [1.807, 2.05) is 42.7 Å². The molecule has 0 bridgehead atoms. The maximum absolute atomic E-state index is 13.5. The zero-order chi connectivity index (χ0) is 37.6. The highest BCUT2D eigenvalue weighted by molar-refractivity contribution is 7.90. The van der Waals surface area contributed by atoms with E-state index in [9.17, 15) is 18.0 Å². The van der Waals surface area contributed by atoms with Gasteiger partial charge in [-0.25, -0.2) is 18.4 Å². The molecule has 53 heavy (non-hydrogen) atoms. The third-order valence-corrected chi connectivity index (χ3v) is 14.7. The van der Waals surface area contributed by atoms with E-state index in [4.69, 9.17) is 9.97 Å². The molecule has 1 atom stereocenters. The molecule has 1 aromatic carbocycles. The Morgan fingerprint density at radius 3 is 2.09 bits per heavy atom. The van der Waals surface area contributed by atoms with Crippen molar-refractivity contribution in [2.24, 2.45) is 23.7 Å². The number of nitrogens with zero attached hydrogens (tertiary/aromatic N) is 3. The zero-order valence-corrected chi connectivity index (χ0v) is 33.7. The van der Waals surface area contributed by atoms with E-state index in [0.717, 1.165) is 71.8 Å². The summed E-state index contributed by atoms with van der Waals surface area (Å²) in [5.41, 5.74) is 2.56.